The summed E-state index contributed by atoms with van der Waals surface area (Å²) in [6, 6.07) is 7.71. The van der Waals surface area contributed by atoms with Crippen LogP contribution in [-0.4, -0.2) is 14.9 Å². The van der Waals surface area contributed by atoms with Crippen molar-refractivity contribution in [3.8, 4) is 0 Å². The van der Waals surface area contributed by atoms with E-state index < -0.39 is 11.8 Å². The maximum atomic E-state index is 14.1. The summed E-state index contributed by atoms with van der Waals surface area (Å²) in [5.41, 5.74) is 10.4. The maximum absolute atomic E-state index is 14.1. The highest BCUT2D eigenvalue weighted by Gasteiger charge is 2.32. The van der Waals surface area contributed by atoms with Crippen LogP contribution in [0.3, 0.4) is 0 Å². The molecule has 0 amide bonds. The van der Waals surface area contributed by atoms with Crippen molar-refractivity contribution in [1.82, 2.24) is 14.9 Å². The quantitative estimate of drug-likeness (QED) is 0.389. The van der Waals surface area contributed by atoms with Gasteiger partial charge in [0.2, 0.25) is 0 Å². The average Bonchev–Trinajstić information content (AvgIpc) is 3.21. The molecule has 170 valence electrons. The first-order chi connectivity index (χ1) is 14.8. The summed E-state index contributed by atoms with van der Waals surface area (Å²) in [6.45, 7) is 14.6. The molecule has 0 bridgehead atoms. The molecule has 32 heavy (non-hydrogen) atoms. The lowest BCUT2D eigenvalue weighted by molar-refractivity contribution is 0.146. The number of alkyl halides is 2. The summed E-state index contributed by atoms with van der Waals surface area (Å²) in [6.07, 6.45) is -2.66. The van der Waals surface area contributed by atoms with Gasteiger partial charge < -0.3 is 10.3 Å². The molecule has 0 aliphatic heterocycles. The van der Waals surface area contributed by atoms with Crippen LogP contribution in [0.2, 0.25) is 0 Å². The number of anilines is 1. The van der Waals surface area contributed by atoms with Crippen molar-refractivity contribution in [1.29, 1.82) is 0 Å². The SMILES string of the molecule is Cc1ccc2onc(N)c2c1C(C)(C)Cn1nc(C(F)F)c2c(C(C)(C)C)c(C)ccc21. The summed E-state index contributed by atoms with van der Waals surface area (Å²) in [4.78, 5) is 0. The molecular weight excluding hydrogens is 410 g/mol. The fourth-order valence-electron chi connectivity index (χ4n) is 5.13. The Morgan fingerprint density at radius 3 is 2.22 bits per heavy atom. The van der Waals surface area contributed by atoms with Gasteiger partial charge in [-0.2, -0.15) is 5.10 Å². The minimum Gasteiger partial charge on any atom is -0.380 e. The molecule has 0 spiro atoms. The predicted molar refractivity (Wildman–Crippen MR) is 124 cm³/mol. The molecule has 0 unspecified atom stereocenters. The van der Waals surface area contributed by atoms with Crippen LogP contribution in [0.25, 0.3) is 21.9 Å². The van der Waals surface area contributed by atoms with E-state index in [0.717, 1.165) is 27.6 Å². The van der Waals surface area contributed by atoms with Gasteiger partial charge in [-0.15, -0.1) is 0 Å². The van der Waals surface area contributed by atoms with Crippen LogP contribution >= 0.6 is 0 Å². The smallest absolute Gasteiger partial charge is 0.282 e. The number of hydrogen-bond donors (Lipinski definition) is 1. The Labute approximate surface area is 186 Å². The van der Waals surface area contributed by atoms with Gasteiger partial charge in [0.05, 0.1) is 17.4 Å². The lowest BCUT2D eigenvalue weighted by atomic mass is 9.79. The summed E-state index contributed by atoms with van der Waals surface area (Å²) in [5, 5.41) is 9.68. The van der Waals surface area contributed by atoms with Gasteiger partial charge in [-0.1, -0.05) is 51.9 Å². The molecule has 0 aliphatic carbocycles. The molecule has 0 saturated carbocycles. The van der Waals surface area contributed by atoms with E-state index in [2.05, 4.69) is 24.1 Å². The van der Waals surface area contributed by atoms with Gasteiger partial charge in [-0.25, -0.2) is 8.78 Å². The van der Waals surface area contributed by atoms with Gasteiger partial charge in [0.15, 0.2) is 11.4 Å². The Bertz CT molecular complexity index is 1330. The number of nitrogen functional groups attached to an aromatic ring is 1. The molecule has 0 fully saturated rings. The van der Waals surface area contributed by atoms with Crippen LogP contribution < -0.4 is 5.73 Å². The lowest BCUT2D eigenvalue weighted by Gasteiger charge is -2.28. The third-order valence-electron chi connectivity index (χ3n) is 6.21. The van der Waals surface area contributed by atoms with Crippen molar-refractivity contribution < 1.29 is 13.3 Å². The number of rotatable bonds is 4. The zero-order valence-electron chi connectivity index (χ0n) is 19.7. The summed E-state index contributed by atoms with van der Waals surface area (Å²) in [7, 11) is 0. The second kappa shape index (κ2) is 7.29. The number of benzene rings is 2. The minimum absolute atomic E-state index is 0.163. The maximum Gasteiger partial charge on any atom is 0.282 e. The summed E-state index contributed by atoms with van der Waals surface area (Å²) >= 11 is 0. The van der Waals surface area contributed by atoms with Gasteiger partial charge >= 0.3 is 0 Å². The Morgan fingerprint density at radius 2 is 1.59 bits per heavy atom. The van der Waals surface area contributed by atoms with E-state index in [1.165, 1.54) is 0 Å². The van der Waals surface area contributed by atoms with E-state index in [1.54, 1.807) is 4.68 Å². The van der Waals surface area contributed by atoms with E-state index in [1.807, 2.05) is 58.9 Å². The van der Waals surface area contributed by atoms with Gasteiger partial charge in [-0.05, 0) is 53.6 Å². The predicted octanol–water partition coefficient (Wildman–Crippen LogP) is 6.59. The van der Waals surface area contributed by atoms with Crippen molar-refractivity contribution in [3.63, 3.8) is 0 Å². The van der Waals surface area contributed by atoms with Crippen LogP contribution in [0, 0.1) is 13.8 Å². The number of fused-ring (bicyclic) bond motifs is 2. The van der Waals surface area contributed by atoms with Crippen molar-refractivity contribution in [2.75, 3.05) is 5.73 Å². The minimum atomic E-state index is -2.66. The van der Waals surface area contributed by atoms with Gasteiger partial charge in [-0.3, -0.25) is 4.68 Å². The number of nitrogens with two attached hydrogens (primary N) is 1. The molecule has 0 atom stereocenters. The topological polar surface area (TPSA) is 69.9 Å². The number of aromatic nitrogens is 3. The highest BCUT2D eigenvalue weighted by molar-refractivity contribution is 5.92. The largest absolute Gasteiger partial charge is 0.380 e. The molecular formula is C25H30F2N4O. The van der Waals surface area contributed by atoms with Crippen molar-refractivity contribution in [2.45, 2.75) is 72.3 Å². The number of nitrogens with zero attached hydrogens (tertiary/aromatic N) is 3. The molecule has 7 heteroatoms. The summed E-state index contributed by atoms with van der Waals surface area (Å²) in [5.74, 6) is 0.330. The fourth-order valence-corrected chi connectivity index (χ4v) is 5.13. The number of hydrogen-bond acceptors (Lipinski definition) is 4. The van der Waals surface area contributed by atoms with Crippen LogP contribution in [0.15, 0.2) is 28.8 Å². The standard InChI is InChI=1S/C25H30F2N4O/c1-13-8-10-15-17(19(13)24(3,4)5)21(22(26)27)29-31(15)12-25(6,7)20-14(2)9-11-16-18(20)23(28)30-32-16/h8-11,22H,12H2,1-7H3,(H2,28,30). The van der Waals surface area contributed by atoms with E-state index in [9.17, 15) is 8.78 Å². The molecule has 0 radical (unpaired) electrons. The number of halogens is 2. The van der Waals surface area contributed by atoms with Crippen LogP contribution in [0.4, 0.5) is 14.6 Å². The average molecular weight is 441 g/mol. The van der Waals surface area contributed by atoms with Crippen molar-refractivity contribution in [3.05, 3.63) is 52.2 Å². The molecule has 4 aromatic rings. The molecule has 4 rings (SSSR count). The zero-order chi connectivity index (χ0) is 23.6. The first kappa shape index (κ1) is 22.2. The molecule has 0 saturated heterocycles. The molecule has 5 nitrogen and oxygen atoms in total. The molecule has 2 heterocycles. The van der Waals surface area contributed by atoms with Crippen LogP contribution in [0.1, 0.15) is 69.0 Å². The highest BCUT2D eigenvalue weighted by Crippen LogP contribution is 2.41. The van der Waals surface area contributed by atoms with E-state index in [-0.39, 0.29) is 11.1 Å². The second-order valence-corrected chi connectivity index (χ2v) is 10.3. The van der Waals surface area contributed by atoms with Crippen molar-refractivity contribution in [2.24, 2.45) is 0 Å². The first-order valence-corrected chi connectivity index (χ1v) is 10.8. The van der Waals surface area contributed by atoms with Gasteiger partial charge in [0.25, 0.3) is 6.43 Å². The summed E-state index contributed by atoms with van der Waals surface area (Å²) < 4.78 is 35.4. The van der Waals surface area contributed by atoms with Crippen LogP contribution in [0.5, 0.6) is 0 Å². The molecule has 2 aromatic heterocycles. The Balaban J connectivity index is 1.95. The first-order valence-electron chi connectivity index (χ1n) is 10.8. The van der Waals surface area contributed by atoms with Gasteiger partial charge in [0, 0.05) is 10.8 Å². The third kappa shape index (κ3) is 3.44. The Hall–Kier alpha value is -2.96. The van der Waals surface area contributed by atoms with Crippen LogP contribution in [-0.2, 0) is 17.4 Å². The van der Waals surface area contributed by atoms with E-state index >= 15 is 0 Å². The fraction of sp³-hybridized carbons (Fsp3) is 0.440. The van der Waals surface area contributed by atoms with E-state index in [4.69, 9.17) is 10.3 Å². The van der Waals surface area contributed by atoms with Gasteiger partial charge in [0.1, 0.15) is 5.69 Å². The number of aryl methyl sites for hydroxylation is 2. The molecule has 0 aliphatic rings. The normalized spacial score (nSPS) is 13.1. The third-order valence-corrected chi connectivity index (χ3v) is 6.21. The van der Waals surface area contributed by atoms with Crippen molar-refractivity contribution >= 4 is 27.7 Å². The second-order valence-electron chi connectivity index (χ2n) is 10.3. The zero-order valence-corrected chi connectivity index (χ0v) is 19.7. The molecule has 2 aromatic carbocycles. The lowest BCUT2D eigenvalue weighted by Crippen LogP contribution is -2.26. The Kier molecular flexibility index (Phi) is 5.07. The highest BCUT2D eigenvalue weighted by atomic mass is 19.3. The monoisotopic (exact) mass is 440 g/mol. The molecule has 2 N–H and O–H groups in total. The Morgan fingerprint density at radius 1 is 0.969 bits per heavy atom. The van der Waals surface area contributed by atoms with E-state index in [0.29, 0.717) is 28.8 Å².